The van der Waals surface area contributed by atoms with Gasteiger partial charge in [-0.3, -0.25) is 14.4 Å². The number of thioether (sulfide) groups is 1. The molecule has 1 N–H and O–H groups in total. The molecule has 2 heterocycles. The van der Waals surface area contributed by atoms with E-state index >= 15 is 0 Å². The van der Waals surface area contributed by atoms with Crippen LogP contribution in [0.25, 0.3) is 0 Å². The molecule has 0 saturated carbocycles. The van der Waals surface area contributed by atoms with Crippen LogP contribution in [0.5, 0.6) is 0 Å². The van der Waals surface area contributed by atoms with E-state index in [0.717, 1.165) is 20.3 Å². The molecule has 3 rings (SSSR count). The number of ether oxygens (including phenoxy) is 1. The molecule has 0 saturated heterocycles. The number of anilines is 1. The van der Waals surface area contributed by atoms with Crippen LogP contribution in [-0.4, -0.2) is 29.5 Å². The lowest BCUT2D eigenvalue weighted by Crippen LogP contribution is -2.31. The second-order valence-electron chi connectivity index (χ2n) is 5.71. The van der Waals surface area contributed by atoms with E-state index in [4.69, 9.17) is 4.74 Å². The van der Waals surface area contributed by atoms with Gasteiger partial charge in [-0.1, -0.05) is 12.1 Å². The largest absolute Gasteiger partial charge is 0.457 e. The van der Waals surface area contributed by atoms with Crippen molar-refractivity contribution >= 4 is 46.4 Å². The topological polar surface area (TPSA) is 72.5 Å². The molecule has 1 aromatic heterocycles. The van der Waals surface area contributed by atoms with Crippen LogP contribution < -0.4 is 5.32 Å². The maximum atomic E-state index is 12.1. The molecular weight excluding hydrogens is 358 g/mol. The number of carbonyl (C=O) groups is 3. The molecule has 2 aromatic rings. The molecule has 1 amide bonds. The van der Waals surface area contributed by atoms with Crippen molar-refractivity contribution in [2.24, 2.45) is 0 Å². The first kappa shape index (κ1) is 17.7. The Morgan fingerprint density at radius 3 is 2.72 bits per heavy atom. The van der Waals surface area contributed by atoms with Gasteiger partial charge in [-0.05, 0) is 32.0 Å². The summed E-state index contributed by atoms with van der Waals surface area (Å²) >= 11 is 2.87. The number of esters is 1. The van der Waals surface area contributed by atoms with Gasteiger partial charge >= 0.3 is 5.97 Å². The van der Waals surface area contributed by atoms with E-state index in [1.807, 2.05) is 38.1 Å². The number of carbonyl (C=O) groups excluding carboxylic acids is 3. The molecule has 7 heteroatoms. The van der Waals surface area contributed by atoms with Crippen molar-refractivity contribution in [1.29, 1.82) is 0 Å². The maximum Gasteiger partial charge on any atom is 0.307 e. The number of nitrogens with one attached hydrogen (secondary N) is 1. The lowest BCUT2D eigenvalue weighted by Gasteiger charge is -2.23. The lowest BCUT2D eigenvalue weighted by atomic mass is 10.2. The lowest BCUT2D eigenvalue weighted by molar-refractivity contribution is -0.143. The summed E-state index contributed by atoms with van der Waals surface area (Å²) in [5, 5.41) is 2.23. The van der Waals surface area contributed by atoms with Crippen LogP contribution in [-0.2, 0) is 14.3 Å². The van der Waals surface area contributed by atoms with E-state index in [-0.39, 0.29) is 24.7 Å². The van der Waals surface area contributed by atoms with Crippen LogP contribution in [0.15, 0.2) is 35.2 Å². The summed E-state index contributed by atoms with van der Waals surface area (Å²) in [5.41, 5.74) is 1.34. The molecule has 0 fully saturated rings. The van der Waals surface area contributed by atoms with Crippen molar-refractivity contribution in [2.45, 2.75) is 30.4 Å². The highest BCUT2D eigenvalue weighted by Gasteiger charge is 2.29. The molecule has 0 radical (unpaired) electrons. The Kier molecular flexibility index (Phi) is 5.24. The van der Waals surface area contributed by atoms with E-state index < -0.39 is 11.2 Å². The summed E-state index contributed by atoms with van der Waals surface area (Å²) in [4.78, 5) is 39.1. The molecule has 0 spiro atoms. The predicted molar refractivity (Wildman–Crippen MR) is 98.4 cm³/mol. The Labute approximate surface area is 153 Å². The fourth-order valence-corrected chi connectivity index (χ4v) is 4.61. The van der Waals surface area contributed by atoms with Crippen LogP contribution in [0.3, 0.4) is 0 Å². The number of hydrogen-bond donors (Lipinski definition) is 1. The van der Waals surface area contributed by atoms with E-state index in [2.05, 4.69) is 5.32 Å². The SMILES string of the molecule is Cc1cc(C(=O)COC(=O)C[C@@H]2Sc3ccccc3NC2=O)c(C)s1. The van der Waals surface area contributed by atoms with Crippen molar-refractivity contribution in [3.05, 3.63) is 45.6 Å². The number of benzene rings is 1. The zero-order valence-electron chi connectivity index (χ0n) is 13.8. The minimum Gasteiger partial charge on any atom is -0.457 e. The van der Waals surface area contributed by atoms with Gasteiger partial charge in [-0.2, -0.15) is 0 Å². The van der Waals surface area contributed by atoms with Crippen LogP contribution in [0.4, 0.5) is 5.69 Å². The fraction of sp³-hybridized carbons (Fsp3) is 0.278. The number of para-hydroxylation sites is 1. The molecule has 0 bridgehead atoms. The summed E-state index contributed by atoms with van der Waals surface area (Å²) in [6, 6.07) is 9.23. The number of rotatable bonds is 5. The number of thiophene rings is 1. The molecule has 25 heavy (non-hydrogen) atoms. The minimum atomic E-state index is -0.553. The van der Waals surface area contributed by atoms with Crippen molar-refractivity contribution in [3.8, 4) is 0 Å². The first-order valence-electron chi connectivity index (χ1n) is 7.76. The molecular formula is C18H17NO4S2. The summed E-state index contributed by atoms with van der Waals surface area (Å²) < 4.78 is 5.08. The van der Waals surface area contributed by atoms with E-state index in [0.29, 0.717) is 5.56 Å². The Hall–Kier alpha value is -2.12. The third kappa shape index (κ3) is 4.11. The zero-order valence-corrected chi connectivity index (χ0v) is 15.5. The zero-order chi connectivity index (χ0) is 18.0. The van der Waals surface area contributed by atoms with Gasteiger partial charge in [0.15, 0.2) is 6.61 Å². The normalized spacial score (nSPS) is 16.1. The third-order valence-corrected chi connectivity index (χ3v) is 6.01. The van der Waals surface area contributed by atoms with E-state index in [1.54, 1.807) is 6.07 Å². The first-order valence-corrected chi connectivity index (χ1v) is 9.46. The van der Waals surface area contributed by atoms with Crippen molar-refractivity contribution < 1.29 is 19.1 Å². The average Bonchev–Trinajstić information content (AvgIpc) is 2.92. The maximum absolute atomic E-state index is 12.1. The molecule has 1 atom stereocenters. The number of Topliss-reactive ketones (excluding diaryl/α,β-unsaturated/α-hetero) is 1. The van der Waals surface area contributed by atoms with E-state index in [1.165, 1.54) is 23.1 Å². The van der Waals surface area contributed by atoms with Crippen LogP contribution in [0.1, 0.15) is 26.5 Å². The van der Waals surface area contributed by atoms with Gasteiger partial charge in [0, 0.05) is 20.2 Å². The highest BCUT2D eigenvalue weighted by Crippen LogP contribution is 2.36. The minimum absolute atomic E-state index is 0.0697. The molecule has 0 aliphatic carbocycles. The Bertz CT molecular complexity index is 843. The van der Waals surface area contributed by atoms with Crippen LogP contribution in [0.2, 0.25) is 0 Å². The monoisotopic (exact) mass is 375 g/mol. The van der Waals surface area contributed by atoms with E-state index in [9.17, 15) is 14.4 Å². The van der Waals surface area contributed by atoms with Gasteiger partial charge in [0.25, 0.3) is 0 Å². The fourth-order valence-electron chi connectivity index (χ4n) is 2.57. The molecule has 5 nitrogen and oxygen atoms in total. The second-order valence-corrected chi connectivity index (χ2v) is 8.41. The van der Waals surface area contributed by atoms with Crippen molar-refractivity contribution in [3.63, 3.8) is 0 Å². The van der Waals surface area contributed by atoms with Gasteiger partial charge in [-0.25, -0.2) is 0 Å². The molecule has 0 unspecified atom stereocenters. The summed E-state index contributed by atoms with van der Waals surface area (Å²) in [5.74, 6) is -0.998. The second kappa shape index (κ2) is 7.41. The number of aryl methyl sites for hydroxylation is 2. The van der Waals surface area contributed by atoms with Crippen LogP contribution in [0, 0.1) is 13.8 Å². The number of hydrogen-bond acceptors (Lipinski definition) is 6. The smallest absolute Gasteiger partial charge is 0.307 e. The standard InChI is InChI=1S/C18H17NO4S2/c1-10-7-12(11(2)24-10)14(20)9-23-17(21)8-16-18(22)19-13-5-3-4-6-15(13)25-16/h3-7,16H,8-9H2,1-2H3,(H,19,22)/t16-/m0/s1. The van der Waals surface area contributed by atoms with Gasteiger partial charge in [0.05, 0.1) is 17.4 Å². The van der Waals surface area contributed by atoms with Gasteiger partial charge < -0.3 is 10.1 Å². The molecule has 130 valence electrons. The highest BCUT2D eigenvalue weighted by molar-refractivity contribution is 8.01. The molecule has 1 aromatic carbocycles. The van der Waals surface area contributed by atoms with Gasteiger partial charge in [-0.15, -0.1) is 23.1 Å². The molecule has 1 aliphatic heterocycles. The van der Waals surface area contributed by atoms with Gasteiger partial charge in [0.1, 0.15) is 0 Å². The summed E-state index contributed by atoms with van der Waals surface area (Å²) in [6.07, 6.45) is -0.0697. The first-order chi connectivity index (χ1) is 11.9. The number of ketones is 1. The van der Waals surface area contributed by atoms with Crippen molar-refractivity contribution in [1.82, 2.24) is 0 Å². The number of fused-ring (bicyclic) bond motifs is 1. The quantitative estimate of drug-likeness (QED) is 0.639. The third-order valence-electron chi connectivity index (χ3n) is 3.76. The van der Waals surface area contributed by atoms with Crippen molar-refractivity contribution in [2.75, 3.05) is 11.9 Å². The average molecular weight is 375 g/mol. The predicted octanol–water partition coefficient (Wildman–Crippen LogP) is 3.59. The Balaban J connectivity index is 1.55. The highest BCUT2D eigenvalue weighted by atomic mass is 32.2. The Morgan fingerprint density at radius 2 is 2.00 bits per heavy atom. The summed E-state index contributed by atoms with van der Waals surface area (Å²) in [6.45, 7) is 3.50. The number of amides is 1. The van der Waals surface area contributed by atoms with Crippen LogP contribution >= 0.6 is 23.1 Å². The molecule has 1 aliphatic rings. The Morgan fingerprint density at radius 1 is 1.24 bits per heavy atom. The van der Waals surface area contributed by atoms with Gasteiger partial charge in [0.2, 0.25) is 11.7 Å². The summed E-state index contributed by atoms with van der Waals surface area (Å²) in [7, 11) is 0.